The molecule has 0 spiro atoms. The number of nitro groups is 1. The van der Waals surface area contributed by atoms with Crippen molar-refractivity contribution in [1.82, 2.24) is 4.90 Å². The van der Waals surface area contributed by atoms with Gasteiger partial charge in [0.1, 0.15) is 5.69 Å². The third-order valence-electron chi connectivity index (χ3n) is 4.73. The third-order valence-corrected chi connectivity index (χ3v) is 4.73. The van der Waals surface area contributed by atoms with E-state index in [9.17, 15) is 10.1 Å². The minimum atomic E-state index is -0.306. The molecule has 1 aliphatic carbocycles. The summed E-state index contributed by atoms with van der Waals surface area (Å²) in [6, 6.07) is 6.24. The number of hydrogen-bond donors (Lipinski definition) is 1. The summed E-state index contributed by atoms with van der Waals surface area (Å²) >= 11 is 0. The smallest absolute Gasteiger partial charge is 0.292 e. The molecule has 2 aliphatic rings. The molecule has 1 aromatic rings. The Hall–Kier alpha value is -1.62. The summed E-state index contributed by atoms with van der Waals surface area (Å²) in [5, 5.41) is 14.3. The Morgan fingerprint density at radius 1 is 1.43 bits per heavy atom. The van der Waals surface area contributed by atoms with E-state index in [1.807, 2.05) is 12.1 Å². The van der Waals surface area contributed by atoms with Gasteiger partial charge in [-0.1, -0.05) is 13.0 Å². The number of piperidine rings is 1. The highest BCUT2D eigenvalue weighted by Gasteiger charge is 2.37. The van der Waals surface area contributed by atoms with Crippen LogP contribution < -0.4 is 5.32 Å². The first-order chi connectivity index (χ1) is 10.2. The predicted octanol–water partition coefficient (Wildman–Crippen LogP) is 3.40. The van der Waals surface area contributed by atoms with Gasteiger partial charge in [-0.3, -0.25) is 15.0 Å². The predicted molar refractivity (Wildman–Crippen MR) is 83.4 cm³/mol. The van der Waals surface area contributed by atoms with Crippen molar-refractivity contribution < 1.29 is 4.92 Å². The van der Waals surface area contributed by atoms with Gasteiger partial charge in [0, 0.05) is 31.7 Å². The average molecular weight is 289 g/mol. The van der Waals surface area contributed by atoms with Gasteiger partial charge < -0.3 is 5.32 Å². The van der Waals surface area contributed by atoms with Crippen LogP contribution >= 0.6 is 0 Å². The summed E-state index contributed by atoms with van der Waals surface area (Å²) in [6.45, 7) is 4.93. The maximum Gasteiger partial charge on any atom is 0.292 e. The molecule has 1 aliphatic heterocycles. The Kier molecular flexibility index (Phi) is 4.10. The second-order valence-corrected chi connectivity index (χ2v) is 6.30. The number of nitrogens with one attached hydrogen (secondary N) is 1. The number of hydrogen-bond acceptors (Lipinski definition) is 4. The lowest BCUT2D eigenvalue weighted by molar-refractivity contribution is -0.384. The lowest BCUT2D eigenvalue weighted by Crippen LogP contribution is -2.31. The zero-order valence-corrected chi connectivity index (χ0v) is 12.5. The van der Waals surface area contributed by atoms with Gasteiger partial charge in [-0.25, -0.2) is 0 Å². The highest BCUT2D eigenvalue weighted by Crippen LogP contribution is 2.38. The quantitative estimate of drug-likeness (QED) is 0.644. The lowest BCUT2D eigenvalue weighted by Gasteiger charge is -2.26. The second-order valence-electron chi connectivity index (χ2n) is 6.30. The molecule has 0 radical (unpaired) electrons. The highest BCUT2D eigenvalue weighted by molar-refractivity contribution is 5.62. The molecule has 1 heterocycles. The van der Waals surface area contributed by atoms with Crippen LogP contribution in [0.3, 0.4) is 0 Å². The van der Waals surface area contributed by atoms with Gasteiger partial charge in [0.25, 0.3) is 5.69 Å². The fourth-order valence-electron chi connectivity index (χ4n) is 3.70. The van der Waals surface area contributed by atoms with E-state index in [1.165, 1.54) is 31.4 Å². The van der Waals surface area contributed by atoms with Gasteiger partial charge in [0.05, 0.1) is 4.92 Å². The zero-order chi connectivity index (χ0) is 14.8. The molecule has 0 aromatic heterocycles. The zero-order valence-electron chi connectivity index (χ0n) is 12.5. The van der Waals surface area contributed by atoms with Crippen molar-refractivity contribution in [1.29, 1.82) is 0 Å². The van der Waals surface area contributed by atoms with Crippen LogP contribution in [0.15, 0.2) is 18.2 Å². The minimum Gasteiger partial charge on any atom is -0.379 e. The van der Waals surface area contributed by atoms with E-state index >= 15 is 0 Å². The van der Waals surface area contributed by atoms with Crippen LogP contribution in [0.2, 0.25) is 0 Å². The van der Waals surface area contributed by atoms with Crippen molar-refractivity contribution in [2.45, 2.75) is 45.2 Å². The van der Waals surface area contributed by atoms with Crippen molar-refractivity contribution >= 4 is 11.4 Å². The molecule has 2 atom stereocenters. The Morgan fingerprint density at radius 3 is 2.90 bits per heavy atom. The first-order valence-corrected chi connectivity index (χ1v) is 7.92. The summed E-state index contributed by atoms with van der Waals surface area (Å²) < 4.78 is 0. The molecule has 114 valence electrons. The number of benzene rings is 1. The van der Waals surface area contributed by atoms with Crippen LogP contribution in [0.1, 0.15) is 38.2 Å². The summed E-state index contributed by atoms with van der Waals surface area (Å²) in [5.41, 5.74) is 2.01. The Labute approximate surface area is 125 Å². The number of rotatable bonds is 6. The summed E-state index contributed by atoms with van der Waals surface area (Å²) in [4.78, 5) is 13.3. The monoisotopic (exact) mass is 289 g/mol. The summed E-state index contributed by atoms with van der Waals surface area (Å²) in [7, 11) is 0. The first-order valence-electron chi connectivity index (χ1n) is 7.92. The number of anilines is 1. The molecule has 2 fully saturated rings. The first kappa shape index (κ1) is 14.3. The van der Waals surface area contributed by atoms with Crippen LogP contribution in [0.5, 0.6) is 0 Å². The lowest BCUT2D eigenvalue weighted by atomic mass is 10.1. The van der Waals surface area contributed by atoms with E-state index in [4.69, 9.17) is 0 Å². The molecular weight excluding hydrogens is 266 g/mol. The van der Waals surface area contributed by atoms with Gasteiger partial charge in [-0.05, 0) is 43.2 Å². The molecule has 2 bridgehead atoms. The highest BCUT2D eigenvalue weighted by atomic mass is 16.6. The summed E-state index contributed by atoms with van der Waals surface area (Å²) in [6.07, 6.45) is 4.99. The molecule has 0 amide bonds. The maximum atomic E-state index is 11.1. The van der Waals surface area contributed by atoms with E-state index in [2.05, 4.69) is 17.1 Å². The van der Waals surface area contributed by atoms with Gasteiger partial charge in [-0.15, -0.1) is 0 Å². The normalized spacial score (nSPS) is 24.4. The van der Waals surface area contributed by atoms with E-state index in [1.54, 1.807) is 6.07 Å². The largest absolute Gasteiger partial charge is 0.379 e. The number of likely N-dealkylation sites (tertiary alicyclic amines) is 1. The molecule has 5 nitrogen and oxygen atoms in total. The van der Waals surface area contributed by atoms with Gasteiger partial charge >= 0.3 is 0 Å². The number of nitro benzene ring substituents is 1. The Bertz CT molecular complexity index is 532. The van der Waals surface area contributed by atoms with Gasteiger partial charge in [0.15, 0.2) is 0 Å². The molecule has 21 heavy (non-hydrogen) atoms. The Morgan fingerprint density at radius 2 is 2.29 bits per heavy atom. The molecule has 1 saturated carbocycles. The molecule has 2 unspecified atom stereocenters. The number of nitrogens with zero attached hydrogens (tertiary/aromatic N) is 2. The van der Waals surface area contributed by atoms with Crippen LogP contribution in [-0.2, 0) is 6.54 Å². The van der Waals surface area contributed by atoms with Crippen molar-refractivity contribution in [3.63, 3.8) is 0 Å². The van der Waals surface area contributed by atoms with Crippen molar-refractivity contribution in [3.8, 4) is 0 Å². The van der Waals surface area contributed by atoms with E-state index in [-0.39, 0.29) is 10.6 Å². The van der Waals surface area contributed by atoms with Crippen LogP contribution in [0, 0.1) is 16.0 Å². The average Bonchev–Trinajstić information content (AvgIpc) is 3.07. The standard InChI is InChI=1S/C16H23N3O2/c1-2-7-17-15-9-13(4-6-16(15)19(20)21)11-18-10-12-3-5-14(18)8-12/h4,6,9,12,14,17H,2-3,5,7-8,10-11H2,1H3. The number of fused-ring (bicyclic) bond motifs is 2. The van der Waals surface area contributed by atoms with Gasteiger partial charge in [0.2, 0.25) is 0 Å². The SMILES string of the molecule is CCCNc1cc(CN2CC3CCC2C3)ccc1[N+](=O)[O-]. The van der Waals surface area contributed by atoms with Crippen molar-refractivity contribution in [3.05, 3.63) is 33.9 Å². The molecule has 5 heteroatoms. The molecular formula is C16H23N3O2. The van der Waals surface area contributed by atoms with Gasteiger partial charge in [-0.2, -0.15) is 0 Å². The topological polar surface area (TPSA) is 58.4 Å². The maximum absolute atomic E-state index is 11.1. The van der Waals surface area contributed by atoms with Crippen LogP contribution in [-0.4, -0.2) is 29.0 Å². The molecule has 1 N–H and O–H groups in total. The molecule has 1 saturated heterocycles. The van der Waals surface area contributed by atoms with Crippen molar-refractivity contribution in [2.24, 2.45) is 5.92 Å². The summed E-state index contributed by atoms with van der Waals surface area (Å²) in [5.74, 6) is 0.880. The molecule has 1 aromatic carbocycles. The van der Waals surface area contributed by atoms with E-state index in [0.717, 1.165) is 31.5 Å². The van der Waals surface area contributed by atoms with Crippen LogP contribution in [0.25, 0.3) is 0 Å². The minimum absolute atomic E-state index is 0.176. The fraction of sp³-hybridized carbons (Fsp3) is 0.625. The third kappa shape index (κ3) is 3.02. The van der Waals surface area contributed by atoms with Crippen LogP contribution in [0.4, 0.5) is 11.4 Å². The second kappa shape index (κ2) is 6.02. The van der Waals surface area contributed by atoms with E-state index < -0.39 is 0 Å². The fourth-order valence-corrected chi connectivity index (χ4v) is 3.70. The van der Waals surface area contributed by atoms with Crippen molar-refractivity contribution in [2.75, 3.05) is 18.4 Å². The molecule has 3 rings (SSSR count). The van der Waals surface area contributed by atoms with E-state index in [0.29, 0.717) is 5.69 Å². The Balaban J connectivity index is 1.74.